The highest BCUT2D eigenvalue weighted by Gasteiger charge is 2.18. The molecule has 0 aliphatic heterocycles. The minimum Gasteiger partial charge on any atom is -0.325 e. The number of sulfone groups is 1. The quantitative estimate of drug-likeness (QED) is 0.833. The van der Waals surface area contributed by atoms with E-state index in [2.05, 4.69) is 21.2 Å². The molecule has 1 aromatic carbocycles. The SMILES string of the molecule is CCS(=O)(=O)c1ccc(NC(=O)C(Br)C(C)C)cc1. The normalized spacial score (nSPS) is 13.3. The van der Waals surface area contributed by atoms with Gasteiger partial charge >= 0.3 is 0 Å². The Kier molecular flexibility index (Phi) is 5.55. The van der Waals surface area contributed by atoms with Crippen LogP contribution in [0.4, 0.5) is 5.69 Å². The summed E-state index contributed by atoms with van der Waals surface area (Å²) in [6, 6.07) is 6.21. The lowest BCUT2D eigenvalue weighted by atomic mass is 10.1. The fourth-order valence-corrected chi connectivity index (χ4v) is 2.42. The molecule has 19 heavy (non-hydrogen) atoms. The molecule has 0 aromatic heterocycles. The van der Waals surface area contributed by atoms with Gasteiger partial charge in [-0.15, -0.1) is 0 Å². The molecule has 0 radical (unpaired) electrons. The third-order valence-corrected chi connectivity index (χ3v) is 5.92. The molecule has 4 nitrogen and oxygen atoms in total. The van der Waals surface area contributed by atoms with E-state index < -0.39 is 9.84 Å². The number of halogens is 1. The predicted molar refractivity (Wildman–Crippen MR) is 80.4 cm³/mol. The molecule has 1 rings (SSSR count). The van der Waals surface area contributed by atoms with Crippen molar-refractivity contribution in [1.29, 1.82) is 0 Å². The summed E-state index contributed by atoms with van der Waals surface area (Å²) in [5.74, 6) is 0.107. The molecule has 6 heteroatoms. The number of rotatable bonds is 5. The lowest BCUT2D eigenvalue weighted by molar-refractivity contribution is -0.116. The van der Waals surface area contributed by atoms with Crippen molar-refractivity contribution in [3.63, 3.8) is 0 Å². The molecule has 1 unspecified atom stereocenters. The highest BCUT2D eigenvalue weighted by atomic mass is 79.9. The van der Waals surface area contributed by atoms with Crippen LogP contribution in [0.2, 0.25) is 0 Å². The Morgan fingerprint density at radius 1 is 1.26 bits per heavy atom. The molecule has 0 saturated heterocycles. The van der Waals surface area contributed by atoms with Crippen LogP contribution in [0, 0.1) is 5.92 Å². The van der Waals surface area contributed by atoms with Crippen molar-refractivity contribution >= 4 is 37.4 Å². The number of carbonyl (C=O) groups is 1. The van der Waals surface area contributed by atoms with E-state index in [9.17, 15) is 13.2 Å². The van der Waals surface area contributed by atoms with Crippen molar-refractivity contribution < 1.29 is 13.2 Å². The van der Waals surface area contributed by atoms with Crippen LogP contribution in [0.5, 0.6) is 0 Å². The Morgan fingerprint density at radius 3 is 2.21 bits per heavy atom. The minimum absolute atomic E-state index is 0.0650. The van der Waals surface area contributed by atoms with Gasteiger partial charge < -0.3 is 5.32 Å². The summed E-state index contributed by atoms with van der Waals surface area (Å²) >= 11 is 3.31. The molecule has 0 heterocycles. The maximum atomic E-state index is 11.8. The van der Waals surface area contributed by atoms with Crippen molar-refractivity contribution in [2.24, 2.45) is 5.92 Å². The van der Waals surface area contributed by atoms with E-state index in [1.807, 2.05) is 13.8 Å². The van der Waals surface area contributed by atoms with E-state index in [-0.39, 0.29) is 27.3 Å². The summed E-state index contributed by atoms with van der Waals surface area (Å²) in [7, 11) is -3.20. The van der Waals surface area contributed by atoms with Crippen LogP contribution >= 0.6 is 15.9 Å². The second-order valence-corrected chi connectivity index (χ2v) is 7.83. The standard InChI is InChI=1S/C13H18BrNO3S/c1-4-19(17,18)11-7-5-10(6-8-11)15-13(16)12(14)9(2)3/h5-9,12H,4H2,1-3H3,(H,15,16). The number of anilines is 1. The van der Waals surface area contributed by atoms with Crippen molar-refractivity contribution in [3.8, 4) is 0 Å². The third-order valence-electron chi connectivity index (χ3n) is 2.70. The van der Waals surface area contributed by atoms with E-state index in [0.29, 0.717) is 5.69 Å². The van der Waals surface area contributed by atoms with Crippen molar-refractivity contribution in [2.45, 2.75) is 30.5 Å². The first-order valence-corrected chi connectivity index (χ1v) is 8.62. The molecule has 0 fully saturated rings. The van der Waals surface area contributed by atoms with E-state index in [1.54, 1.807) is 19.1 Å². The zero-order chi connectivity index (χ0) is 14.6. The van der Waals surface area contributed by atoms with E-state index in [0.717, 1.165) is 0 Å². The zero-order valence-corrected chi connectivity index (χ0v) is 13.6. The maximum Gasteiger partial charge on any atom is 0.238 e. The minimum atomic E-state index is -3.20. The van der Waals surface area contributed by atoms with Gasteiger partial charge in [-0.1, -0.05) is 36.7 Å². The monoisotopic (exact) mass is 347 g/mol. The number of carbonyl (C=O) groups excluding carboxylic acids is 1. The average Bonchev–Trinajstić information content (AvgIpc) is 2.38. The van der Waals surface area contributed by atoms with Gasteiger partial charge in [0.2, 0.25) is 5.91 Å². The first-order chi connectivity index (χ1) is 8.77. The van der Waals surface area contributed by atoms with Crippen LogP contribution < -0.4 is 5.32 Å². The number of hydrogen-bond donors (Lipinski definition) is 1. The smallest absolute Gasteiger partial charge is 0.238 e. The average molecular weight is 348 g/mol. The molecule has 1 aromatic rings. The van der Waals surface area contributed by atoms with Crippen LogP contribution in [0.1, 0.15) is 20.8 Å². The molecule has 0 aliphatic carbocycles. The van der Waals surface area contributed by atoms with E-state index >= 15 is 0 Å². The Bertz CT molecular complexity index is 538. The van der Waals surface area contributed by atoms with Gasteiger partial charge in [-0.25, -0.2) is 8.42 Å². The van der Waals surface area contributed by atoms with Gasteiger partial charge in [0.15, 0.2) is 9.84 Å². The van der Waals surface area contributed by atoms with Crippen molar-refractivity contribution in [1.82, 2.24) is 0 Å². The molecule has 1 N–H and O–H groups in total. The Hall–Kier alpha value is -0.880. The summed E-state index contributed by atoms with van der Waals surface area (Å²) in [6.45, 7) is 5.48. The number of hydrogen-bond acceptors (Lipinski definition) is 3. The van der Waals surface area contributed by atoms with Gasteiger partial charge in [0, 0.05) is 5.69 Å². The summed E-state index contributed by atoms with van der Waals surface area (Å²) < 4.78 is 23.3. The van der Waals surface area contributed by atoms with Gasteiger partial charge in [0.1, 0.15) is 0 Å². The molecule has 0 saturated carbocycles. The highest BCUT2D eigenvalue weighted by molar-refractivity contribution is 9.10. The number of benzene rings is 1. The van der Waals surface area contributed by atoms with Crippen LogP contribution in [0.15, 0.2) is 29.2 Å². The molecular formula is C13H18BrNO3S. The largest absolute Gasteiger partial charge is 0.325 e. The molecule has 0 aliphatic rings. The van der Waals surface area contributed by atoms with Gasteiger partial charge in [-0.2, -0.15) is 0 Å². The molecule has 1 atom stereocenters. The molecule has 0 spiro atoms. The van der Waals surface area contributed by atoms with Gasteiger partial charge in [0.05, 0.1) is 15.5 Å². The van der Waals surface area contributed by atoms with Gasteiger partial charge in [-0.3, -0.25) is 4.79 Å². The van der Waals surface area contributed by atoms with Crippen molar-refractivity contribution in [3.05, 3.63) is 24.3 Å². The highest BCUT2D eigenvalue weighted by Crippen LogP contribution is 2.18. The third kappa shape index (κ3) is 4.31. The molecule has 106 valence electrons. The lowest BCUT2D eigenvalue weighted by Crippen LogP contribution is -2.26. The van der Waals surface area contributed by atoms with E-state index in [1.165, 1.54) is 12.1 Å². The lowest BCUT2D eigenvalue weighted by Gasteiger charge is -2.14. The fraction of sp³-hybridized carbons (Fsp3) is 0.462. The summed E-state index contributed by atoms with van der Waals surface area (Å²) in [4.78, 5) is 11.8. The summed E-state index contributed by atoms with van der Waals surface area (Å²) in [6.07, 6.45) is 0. The predicted octanol–water partition coefficient (Wildman–Crippen LogP) is 2.84. The van der Waals surface area contributed by atoms with Gasteiger partial charge in [-0.05, 0) is 30.2 Å². The molecular weight excluding hydrogens is 330 g/mol. The topological polar surface area (TPSA) is 63.2 Å². The zero-order valence-electron chi connectivity index (χ0n) is 11.2. The first kappa shape index (κ1) is 16.2. The molecule has 1 amide bonds. The van der Waals surface area contributed by atoms with Gasteiger partial charge in [0.25, 0.3) is 0 Å². The summed E-state index contributed by atoms with van der Waals surface area (Å²) in [5, 5.41) is 2.74. The first-order valence-electron chi connectivity index (χ1n) is 6.05. The van der Waals surface area contributed by atoms with Crippen LogP contribution in [0.3, 0.4) is 0 Å². The molecule has 0 bridgehead atoms. The number of amides is 1. The fourth-order valence-electron chi connectivity index (χ4n) is 1.43. The Labute approximate surface area is 122 Å². The van der Waals surface area contributed by atoms with Crippen LogP contribution in [0.25, 0.3) is 0 Å². The van der Waals surface area contributed by atoms with Crippen LogP contribution in [-0.2, 0) is 14.6 Å². The number of alkyl halides is 1. The second-order valence-electron chi connectivity index (χ2n) is 4.56. The number of nitrogens with one attached hydrogen (secondary N) is 1. The van der Waals surface area contributed by atoms with Crippen molar-refractivity contribution in [2.75, 3.05) is 11.1 Å². The van der Waals surface area contributed by atoms with E-state index in [4.69, 9.17) is 0 Å². The second kappa shape index (κ2) is 6.52. The van der Waals surface area contributed by atoms with Crippen LogP contribution in [-0.4, -0.2) is 24.9 Å². The summed E-state index contributed by atoms with van der Waals surface area (Å²) in [5.41, 5.74) is 0.588. The Morgan fingerprint density at radius 2 is 1.79 bits per heavy atom. The Balaban J connectivity index is 2.81. The maximum absolute atomic E-state index is 11.8.